The van der Waals surface area contributed by atoms with E-state index in [0.717, 1.165) is 5.69 Å². The van der Waals surface area contributed by atoms with E-state index < -0.39 is 0 Å². The van der Waals surface area contributed by atoms with Crippen LogP contribution in [0, 0.1) is 5.82 Å². The number of hydrogen-bond donors (Lipinski definition) is 1. The monoisotopic (exact) mass is 248 g/mol. The van der Waals surface area contributed by atoms with Gasteiger partial charge in [-0.25, -0.2) is 9.07 Å². The molecule has 0 amide bonds. The van der Waals surface area contributed by atoms with Crippen LogP contribution in [0.2, 0.25) is 0 Å². The third kappa shape index (κ3) is 3.13. The maximum atomic E-state index is 13.2. The van der Waals surface area contributed by atoms with Gasteiger partial charge in [0.05, 0.1) is 17.6 Å². The van der Waals surface area contributed by atoms with E-state index in [-0.39, 0.29) is 11.4 Å². The zero-order valence-corrected chi connectivity index (χ0v) is 10.8. The van der Waals surface area contributed by atoms with Gasteiger partial charge in [-0.1, -0.05) is 11.3 Å². The summed E-state index contributed by atoms with van der Waals surface area (Å²) in [7, 11) is 0. The van der Waals surface area contributed by atoms with E-state index in [1.54, 1.807) is 23.0 Å². The van der Waals surface area contributed by atoms with Crippen molar-refractivity contribution < 1.29 is 4.39 Å². The molecular formula is C13H17FN4. The van der Waals surface area contributed by atoms with Gasteiger partial charge in [0.2, 0.25) is 0 Å². The summed E-state index contributed by atoms with van der Waals surface area (Å²) in [6.07, 6.45) is 1.68. The van der Waals surface area contributed by atoms with Gasteiger partial charge in [-0.15, -0.1) is 5.10 Å². The van der Waals surface area contributed by atoms with Gasteiger partial charge in [0.15, 0.2) is 0 Å². The first-order valence-corrected chi connectivity index (χ1v) is 5.86. The molecule has 96 valence electrons. The Morgan fingerprint density at radius 2 is 2.11 bits per heavy atom. The van der Waals surface area contributed by atoms with Crippen LogP contribution in [-0.4, -0.2) is 20.5 Å². The predicted octanol–water partition coefficient (Wildman–Crippen LogP) is 2.29. The lowest BCUT2D eigenvalue weighted by atomic mass is 10.1. The van der Waals surface area contributed by atoms with E-state index in [0.29, 0.717) is 12.2 Å². The van der Waals surface area contributed by atoms with Crippen LogP contribution in [0.1, 0.15) is 26.5 Å². The molecule has 2 rings (SSSR count). The van der Waals surface area contributed by atoms with E-state index in [9.17, 15) is 4.39 Å². The third-order valence-corrected chi connectivity index (χ3v) is 2.47. The Balaban J connectivity index is 2.23. The van der Waals surface area contributed by atoms with E-state index in [4.69, 9.17) is 0 Å². The minimum atomic E-state index is -0.280. The number of rotatable bonds is 3. The molecule has 0 unspecified atom stereocenters. The van der Waals surface area contributed by atoms with Crippen molar-refractivity contribution in [2.45, 2.75) is 32.9 Å². The zero-order valence-electron chi connectivity index (χ0n) is 10.8. The van der Waals surface area contributed by atoms with Crippen molar-refractivity contribution in [3.63, 3.8) is 0 Å². The zero-order chi connectivity index (χ0) is 13.2. The van der Waals surface area contributed by atoms with Crippen LogP contribution in [0.4, 0.5) is 4.39 Å². The van der Waals surface area contributed by atoms with Gasteiger partial charge in [0.25, 0.3) is 0 Å². The quantitative estimate of drug-likeness (QED) is 0.906. The van der Waals surface area contributed by atoms with E-state index >= 15 is 0 Å². The van der Waals surface area contributed by atoms with Crippen molar-refractivity contribution >= 4 is 0 Å². The van der Waals surface area contributed by atoms with Gasteiger partial charge in [0, 0.05) is 12.1 Å². The molecule has 5 heteroatoms. The summed E-state index contributed by atoms with van der Waals surface area (Å²) < 4.78 is 14.8. The summed E-state index contributed by atoms with van der Waals surface area (Å²) in [5.41, 5.74) is 1.59. The molecule has 0 spiro atoms. The lowest BCUT2D eigenvalue weighted by Gasteiger charge is -2.20. The summed E-state index contributed by atoms with van der Waals surface area (Å²) in [5, 5.41) is 11.2. The Labute approximate surface area is 106 Å². The average molecular weight is 248 g/mol. The molecule has 0 aliphatic carbocycles. The molecule has 4 nitrogen and oxygen atoms in total. The maximum absolute atomic E-state index is 13.2. The molecule has 0 aliphatic heterocycles. The van der Waals surface area contributed by atoms with Crippen LogP contribution in [0.15, 0.2) is 30.5 Å². The fraction of sp³-hybridized carbons (Fsp3) is 0.385. The summed E-state index contributed by atoms with van der Waals surface area (Å²) in [5.74, 6) is -0.280. The van der Waals surface area contributed by atoms with Crippen LogP contribution in [0.3, 0.4) is 0 Å². The van der Waals surface area contributed by atoms with Crippen molar-refractivity contribution in [3.8, 4) is 5.69 Å². The van der Waals surface area contributed by atoms with Gasteiger partial charge in [-0.3, -0.25) is 0 Å². The standard InChI is InChI=1S/C13H17FN4/c1-13(2,3)15-8-12-9-16-17-18(12)11-6-4-5-10(14)7-11/h4-7,9,15H,8H2,1-3H3. The molecule has 1 heterocycles. The highest BCUT2D eigenvalue weighted by molar-refractivity contribution is 5.32. The lowest BCUT2D eigenvalue weighted by Crippen LogP contribution is -2.35. The fourth-order valence-electron chi connectivity index (χ4n) is 1.56. The molecule has 1 aromatic heterocycles. The Morgan fingerprint density at radius 3 is 2.78 bits per heavy atom. The van der Waals surface area contributed by atoms with Gasteiger partial charge < -0.3 is 5.32 Å². The first-order chi connectivity index (χ1) is 8.46. The average Bonchev–Trinajstić information content (AvgIpc) is 2.73. The SMILES string of the molecule is CC(C)(C)NCc1cnnn1-c1cccc(F)c1. The first kappa shape index (κ1) is 12.7. The topological polar surface area (TPSA) is 42.7 Å². The minimum absolute atomic E-state index is 0.0110. The van der Waals surface area contributed by atoms with Crippen molar-refractivity contribution in [1.82, 2.24) is 20.3 Å². The Morgan fingerprint density at radius 1 is 1.33 bits per heavy atom. The molecule has 0 atom stereocenters. The van der Waals surface area contributed by atoms with Crippen LogP contribution in [0.25, 0.3) is 5.69 Å². The Bertz CT molecular complexity index is 528. The first-order valence-electron chi connectivity index (χ1n) is 5.86. The molecular weight excluding hydrogens is 231 g/mol. The van der Waals surface area contributed by atoms with E-state index in [2.05, 4.69) is 36.4 Å². The van der Waals surface area contributed by atoms with Crippen molar-refractivity contribution in [3.05, 3.63) is 42.0 Å². The van der Waals surface area contributed by atoms with E-state index in [1.807, 2.05) is 0 Å². The summed E-state index contributed by atoms with van der Waals surface area (Å²) in [6, 6.07) is 6.31. The van der Waals surface area contributed by atoms with Crippen LogP contribution >= 0.6 is 0 Å². The number of nitrogens with one attached hydrogen (secondary N) is 1. The van der Waals surface area contributed by atoms with Crippen molar-refractivity contribution in [2.75, 3.05) is 0 Å². The van der Waals surface area contributed by atoms with Gasteiger partial charge in [-0.2, -0.15) is 0 Å². The van der Waals surface area contributed by atoms with Gasteiger partial charge in [0.1, 0.15) is 5.82 Å². The lowest BCUT2D eigenvalue weighted by molar-refractivity contribution is 0.418. The number of halogens is 1. The number of hydrogen-bond acceptors (Lipinski definition) is 3. The molecule has 0 saturated carbocycles. The molecule has 1 N–H and O–H groups in total. The fourth-order valence-corrected chi connectivity index (χ4v) is 1.56. The molecule has 18 heavy (non-hydrogen) atoms. The highest BCUT2D eigenvalue weighted by Crippen LogP contribution is 2.11. The number of aromatic nitrogens is 3. The Kier molecular flexibility index (Phi) is 3.43. The largest absolute Gasteiger partial charge is 0.306 e. The molecule has 0 fully saturated rings. The second-order valence-electron chi connectivity index (χ2n) is 5.22. The summed E-state index contributed by atoms with van der Waals surface area (Å²) in [6.45, 7) is 6.89. The minimum Gasteiger partial charge on any atom is -0.306 e. The molecule has 0 radical (unpaired) electrons. The summed E-state index contributed by atoms with van der Waals surface area (Å²) in [4.78, 5) is 0. The maximum Gasteiger partial charge on any atom is 0.125 e. The van der Waals surface area contributed by atoms with Crippen LogP contribution in [-0.2, 0) is 6.54 Å². The van der Waals surface area contributed by atoms with Gasteiger partial charge >= 0.3 is 0 Å². The van der Waals surface area contributed by atoms with E-state index in [1.165, 1.54) is 12.1 Å². The molecule has 0 aliphatic rings. The predicted molar refractivity (Wildman–Crippen MR) is 67.9 cm³/mol. The number of nitrogens with zero attached hydrogens (tertiary/aromatic N) is 3. The normalized spacial score (nSPS) is 11.8. The third-order valence-electron chi connectivity index (χ3n) is 2.47. The molecule has 0 saturated heterocycles. The summed E-state index contributed by atoms with van der Waals surface area (Å²) >= 11 is 0. The van der Waals surface area contributed by atoms with Crippen LogP contribution < -0.4 is 5.32 Å². The molecule has 0 bridgehead atoms. The smallest absolute Gasteiger partial charge is 0.125 e. The van der Waals surface area contributed by atoms with Gasteiger partial charge in [-0.05, 0) is 39.0 Å². The second-order valence-corrected chi connectivity index (χ2v) is 5.22. The van der Waals surface area contributed by atoms with Crippen molar-refractivity contribution in [2.24, 2.45) is 0 Å². The Hall–Kier alpha value is -1.75. The van der Waals surface area contributed by atoms with Crippen molar-refractivity contribution in [1.29, 1.82) is 0 Å². The molecule has 2 aromatic rings. The highest BCUT2D eigenvalue weighted by atomic mass is 19.1. The highest BCUT2D eigenvalue weighted by Gasteiger charge is 2.12. The molecule has 1 aromatic carbocycles. The second kappa shape index (κ2) is 4.86. The van der Waals surface area contributed by atoms with Crippen LogP contribution in [0.5, 0.6) is 0 Å². The number of benzene rings is 1.